The molecule has 0 spiro atoms. The molecule has 2 aliphatic rings. The molecule has 0 aromatic heterocycles. The number of para-hydroxylation sites is 1. The van der Waals surface area contributed by atoms with Gasteiger partial charge in [0.15, 0.2) is 5.96 Å². The van der Waals surface area contributed by atoms with Gasteiger partial charge in [0, 0.05) is 45.9 Å². The number of guanidine groups is 1. The first-order valence-corrected chi connectivity index (χ1v) is 10.7. The molecule has 2 saturated heterocycles. The number of aryl methyl sites for hydroxylation is 1. The Morgan fingerprint density at radius 2 is 2.07 bits per heavy atom. The molecule has 2 aliphatic heterocycles. The molecule has 0 radical (unpaired) electrons. The van der Waals surface area contributed by atoms with Gasteiger partial charge in [0.25, 0.3) is 0 Å². The van der Waals surface area contributed by atoms with Crippen LogP contribution in [0, 0.1) is 12.8 Å². The van der Waals surface area contributed by atoms with E-state index in [1.165, 1.54) is 31.4 Å². The Balaban J connectivity index is 1.28. The van der Waals surface area contributed by atoms with Gasteiger partial charge in [-0.15, -0.1) is 0 Å². The maximum absolute atomic E-state index is 5.85. The number of aliphatic imine (C=N–C) groups is 1. The smallest absolute Gasteiger partial charge is 0.191 e. The predicted molar refractivity (Wildman–Crippen MR) is 114 cm³/mol. The van der Waals surface area contributed by atoms with Crippen molar-refractivity contribution in [3.05, 3.63) is 29.8 Å². The summed E-state index contributed by atoms with van der Waals surface area (Å²) in [7, 11) is 1.84. The van der Waals surface area contributed by atoms with E-state index in [1.54, 1.807) is 0 Å². The second-order valence-electron chi connectivity index (χ2n) is 7.92. The Hall–Kier alpha value is -1.79. The van der Waals surface area contributed by atoms with Gasteiger partial charge in [0.1, 0.15) is 5.75 Å². The molecule has 2 heterocycles. The SMILES string of the molecule is CN=C(NCCCOc1ccccc1C)NC1CCN(CC2CCOC2)CC1. The first-order chi connectivity index (χ1) is 13.7. The Morgan fingerprint density at radius 3 is 2.79 bits per heavy atom. The molecule has 156 valence electrons. The fraction of sp³-hybridized carbons (Fsp3) is 0.682. The summed E-state index contributed by atoms with van der Waals surface area (Å²) in [6.07, 6.45) is 4.51. The van der Waals surface area contributed by atoms with E-state index in [0.717, 1.165) is 56.9 Å². The summed E-state index contributed by atoms with van der Waals surface area (Å²) in [5.74, 6) is 2.61. The molecular formula is C22H36N4O2. The van der Waals surface area contributed by atoms with Gasteiger partial charge in [0.2, 0.25) is 0 Å². The number of nitrogens with zero attached hydrogens (tertiary/aromatic N) is 2. The molecule has 2 N–H and O–H groups in total. The molecule has 0 aliphatic carbocycles. The minimum absolute atomic E-state index is 0.505. The number of ether oxygens (including phenoxy) is 2. The zero-order valence-electron chi connectivity index (χ0n) is 17.5. The standard InChI is InChI=1S/C22H36N4O2/c1-18-6-3-4-7-21(18)28-14-5-11-24-22(23-2)25-20-8-12-26(13-9-20)16-19-10-15-27-17-19/h3-4,6-7,19-20H,5,8-17H2,1-2H3,(H2,23,24,25). The molecule has 1 atom stereocenters. The second kappa shape index (κ2) is 11.3. The van der Waals surface area contributed by atoms with Gasteiger partial charge in [-0.3, -0.25) is 4.99 Å². The number of rotatable bonds is 8. The zero-order chi connectivity index (χ0) is 19.6. The van der Waals surface area contributed by atoms with Crippen LogP contribution in [0.2, 0.25) is 0 Å². The average Bonchev–Trinajstić information content (AvgIpc) is 3.22. The van der Waals surface area contributed by atoms with Gasteiger partial charge in [-0.2, -0.15) is 0 Å². The van der Waals surface area contributed by atoms with Crippen molar-refractivity contribution in [2.75, 3.05) is 53.0 Å². The Kier molecular flexibility index (Phi) is 8.42. The minimum Gasteiger partial charge on any atom is -0.493 e. The monoisotopic (exact) mass is 388 g/mol. The van der Waals surface area contributed by atoms with Gasteiger partial charge < -0.3 is 25.0 Å². The van der Waals surface area contributed by atoms with E-state index >= 15 is 0 Å². The molecule has 28 heavy (non-hydrogen) atoms. The average molecular weight is 389 g/mol. The summed E-state index contributed by atoms with van der Waals surface area (Å²) in [6, 6.07) is 8.65. The Labute approximate surface area is 169 Å². The number of piperidine rings is 1. The van der Waals surface area contributed by atoms with Crippen molar-refractivity contribution in [2.45, 2.75) is 38.6 Å². The fourth-order valence-corrected chi connectivity index (χ4v) is 3.92. The first kappa shape index (κ1) is 20.9. The topological polar surface area (TPSA) is 58.1 Å². The third-order valence-corrected chi connectivity index (χ3v) is 5.66. The molecule has 0 bridgehead atoms. The molecular weight excluding hydrogens is 352 g/mol. The maximum Gasteiger partial charge on any atom is 0.191 e. The van der Waals surface area contributed by atoms with E-state index in [4.69, 9.17) is 9.47 Å². The van der Waals surface area contributed by atoms with Crippen LogP contribution in [-0.4, -0.2) is 69.9 Å². The van der Waals surface area contributed by atoms with Crippen LogP contribution < -0.4 is 15.4 Å². The highest BCUT2D eigenvalue weighted by atomic mass is 16.5. The van der Waals surface area contributed by atoms with Crippen LogP contribution in [0.4, 0.5) is 0 Å². The number of hydrogen-bond acceptors (Lipinski definition) is 4. The van der Waals surface area contributed by atoms with Crippen molar-refractivity contribution >= 4 is 5.96 Å². The van der Waals surface area contributed by atoms with Crippen LogP contribution in [0.25, 0.3) is 0 Å². The number of likely N-dealkylation sites (tertiary alicyclic amines) is 1. The quantitative estimate of drug-likeness (QED) is 0.407. The molecule has 6 heteroatoms. The fourth-order valence-electron chi connectivity index (χ4n) is 3.92. The van der Waals surface area contributed by atoms with Gasteiger partial charge in [-0.05, 0) is 50.2 Å². The van der Waals surface area contributed by atoms with Crippen molar-refractivity contribution in [1.82, 2.24) is 15.5 Å². The molecule has 6 nitrogen and oxygen atoms in total. The molecule has 0 amide bonds. The van der Waals surface area contributed by atoms with Crippen molar-refractivity contribution in [3.63, 3.8) is 0 Å². The lowest BCUT2D eigenvalue weighted by Crippen LogP contribution is -2.49. The largest absolute Gasteiger partial charge is 0.493 e. The molecule has 1 aromatic carbocycles. The van der Waals surface area contributed by atoms with Crippen LogP contribution in [0.15, 0.2) is 29.3 Å². The first-order valence-electron chi connectivity index (χ1n) is 10.7. The van der Waals surface area contributed by atoms with Crippen LogP contribution in [0.3, 0.4) is 0 Å². The van der Waals surface area contributed by atoms with Gasteiger partial charge in [-0.25, -0.2) is 0 Å². The molecule has 1 unspecified atom stereocenters. The van der Waals surface area contributed by atoms with Crippen LogP contribution >= 0.6 is 0 Å². The summed E-state index contributed by atoms with van der Waals surface area (Å²) < 4.78 is 11.4. The molecule has 3 rings (SSSR count). The van der Waals surface area contributed by atoms with Crippen molar-refractivity contribution in [1.29, 1.82) is 0 Å². The lowest BCUT2D eigenvalue weighted by Gasteiger charge is -2.34. The van der Waals surface area contributed by atoms with E-state index in [0.29, 0.717) is 12.6 Å². The highest BCUT2D eigenvalue weighted by Crippen LogP contribution is 2.18. The third kappa shape index (κ3) is 6.67. The van der Waals surface area contributed by atoms with Crippen molar-refractivity contribution in [2.24, 2.45) is 10.9 Å². The van der Waals surface area contributed by atoms with Crippen molar-refractivity contribution < 1.29 is 9.47 Å². The lowest BCUT2D eigenvalue weighted by atomic mass is 10.0. The number of hydrogen-bond donors (Lipinski definition) is 2. The highest BCUT2D eigenvalue weighted by molar-refractivity contribution is 5.79. The third-order valence-electron chi connectivity index (χ3n) is 5.66. The summed E-state index contributed by atoms with van der Waals surface area (Å²) in [5.41, 5.74) is 1.18. The summed E-state index contributed by atoms with van der Waals surface area (Å²) in [4.78, 5) is 6.97. The molecule has 2 fully saturated rings. The number of benzene rings is 1. The summed E-state index contributed by atoms with van der Waals surface area (Å²) in [6.45, 7) is 9.05. The predicted octanol–water partition coefficient (Wildman–Crippen LogP) is 2.43. The van der Waals surface area contributed by atoms with E-state index in [1.807, 2.05) is 25.2 Å². The van der Waals surface area contributed by atoms with E-state index in [2.05, 4.69) is 33.5 Å². The molecule has 1 aromatic rings. The Bertz CT molecular complexity index is 608. The van der Waals surface area contributed by atoms with Crippen molar-refractivity contribution in [3.8, 4) is 5.75 Å². The lowest BCUT2D eigenvalue weighted by molar-refractivity contribution is 0.150. The van der Waals surface area contributed by atoms with Gasteiger partial charge >= 0.3 is 0 Å². The van der Waals surface area contributed by atoms with E-state index in [9.17, 15) is 0 Å². The summed E-state index contributed by atoms with van der Waals surface area (Å²) in [5, 5.41) is 7.00. The van der Waals surface area contributed by atoms with E-state index < -0.39 is 0 Å². The minimum atomic E-state index is 0.505. The zero-order valence-corrected chi connectivity index (χ0v) is 17.5. The Morgan fingerprint density at radius 1 is 1.25 bits per heavy atom. The normalized spacial score (nSPS) is 21.6. The van der Waals surface area contributed by atoms with Gasteiger partial charge in [-0.1, -0.05) is 18.2 Å². The van der Waals surface area contributed by atoms with E-state index in [-0.39, 0.29) is 0 Å². The summed E-state index contributed by atoms with van der Waals surface area (Å²) >= 11 is 0. The maximum atomic E-state index is 5.85. The number of nitrogens with one attached hydrogen (secondary N) is 2. The van der Waals surface area contributed by atoms with Crippen LogP contribution in [-0.2, 0) is 4.74 Å². The van der Waals surface area contributed by atoms with Crippen LogP contribution in [0.1, 0.15) is 31.2 Å². The highest BCUT2D eigenvalue weighted by Gasteiger charge is 2.24. The molecule has 0 saturated carbocycles. The van der Waals surface area contributed by atoms with Gasteiger partial charge in [0.05, 0.1) is 13.2 Å². The second-order valence-corrected chi connectivity index (χ2v) is 7.92. The van der Waals surface area contributed by atoms with Crippen LogP contribution in [0.5, 0.6) is 5.75 Å².